The normalized spacial score (nSPS) is 11.3. The first kappa shape index (κ1) is 12.0. The van der Waals surface area contributed by atoms with Crippen LogP contribution in [0.1, 0.15) is 20.3 Å². The molecule has 0 aromatic rings. The van der Waals surface area contributed by atoms with Gasteiger partial charge in [0.05, 0.1) is 6.10 Å². The summed E-state index contributed by atoms with van der Waals surface area (Å²) in [6.45, 7) is 3.65. The molecule has 0 radical (unpaired) electrons. The van der Waals surface area contributed by atoms with Gasteiger partial charge in [-0.05, 0) is 13.3 Å². The molecule has 4 heteroatoms. The first-order valence-corrected chi connectivity index (χ1v) is 2.59. The summed E-state index contributed by atoms with van der Waals surface area (Å²) in [6.07, 6.45) is -0.288. The zero-order valence-corrected chi connectivity index (χ0v) is 9.76. The van der Waals surface area contributed by atoms with Crippen molar-refractivity contribution >= 4 is 6.09 Å². The van der Waals surface area contributed by atoms with E-state index in [0.717, 1.165) is 6.42 Å². The molecule has 1 amide bonds. The predicted molar refractivity (Wildman–Crippen MR) is 30.6 cm³/mol. The maximum atomic E-state index is 9.86. The van der Waals surface area contributed by atoms with Crippen LogP contribution in [0.2, 0.25) is 0 Å². The van der Waals surface area contributed by atoms with Gasteiger partial charge >= 0.3 is 0 Å². The summed E-state index contributed by atoms with van der Waals surface area (Å²) in [5, 5.41) is 0. The fourth-order valence-corrected chi connectivity index (χ4v) is 0.266. The van der Waals surface area contributed by atoms with Crippen LogP contribution in [0.25, 0.3) is 5.73 Å². The third-order valence-corrected chi connectivity index (χ3v) is 0.883. The number of carbonyl (C=O) groups is 1. The molecule has 1 N–H and O–H groups in total. The number of rotatable bonds is 2. The smallest absolute Gasteiger partial charge is 0.227 e. The van der Waals surface area contributed by atoms with E-state index in [-0.39, 0.29) is 37.2 Å². The van der Waals surface area contributed by atoms with Crippen LogP contribution in [0.15, 0.2) is 0 Å². The molecule has 0 fully saturated rings. The maximum Gasteiger partial charge on any atom is 0.227 e. The number of hydrogen-bond acceptors (Lipinski definition) is 2. The molecule has 0 heterocycles. The molecule has 9 heavy (non-hydrogen) atoms. The van der Waals surface area contributed by atoms with Crippen molar-refractivity contribution in [2.24, 2.45) is 0 Å². The van der Waals surface area contributed by atoms with E-state index in [9.17, 15) is 4.79 Å². The van der Waals surface area contributed by atoms with E-state index in [1.165, 1.54) is 0 Å². The van der Waals surface area contributed by atoms with Crippen LogP contribution in [0.5, 0.6) is 0 Å². The van der Waals surface area contributed by atoms with Gasteiger partial charge in [0.1, 0.15) is 0 Å². The fraction of sp³-hybridized carbons (Fsp3) is 0.800. The Kier molecular flexibility index (Phi) is 8.62. The third-order valence-electron chi connectivity index (χ3n) is 0.883. The number of carbonyl (C=O) groups excluding carboxylic acids is 1. The molecule has 0 aromatic carbocycles. The Morgan fingerprint density at radius 1 is 1.78 bits per heavy atom. The summed E-state index contributed by atoms with van der Waals surface area (Å²) in [7, 11) is 0. The molecule has 0 aliphatic heterocycles. The van der Waals surface area contributed by atoms with E-state index in [1.807, 2.05) is 6.92 Å². The average molecular weight is 354 g/mol. The van der Waals surface area contributed by atoms with Gasteiger partial charge in [-0.3, -0.25) is 4.79 Å². The molecule has 0 bridgehead atoms. The monoisotopic (exact) mass is 354 g/mol. The second-order valence-corrected chi connectivity index (χ2v) is 1.62. The Balaban J connectivity index is 0. The second-order valence-electron chi connectivity index (χ2n) is 1.62. The van der Waals surface area contributed by atoms with E-state index in [4.69, 9.17) is 5.73 Å². The van der Waals surface area contributed by atoms with Gasteiger partial charge in [-0.15, -0.1) is 0 Å². The molecule has 0 saturated carbocycles. The van der Waals surface area contributed by atoms with E-state index < -0.39 is 6.09 Å². The molecule has 3 nitrogen and oxygen atoms in total. The van der Waals surface area contributed by atoms with E-state index in [2.05, 4.69) is 4.74 Å². The molecule has 0 saturated heterocycles. The van der Waals surface area contributed by atoms with E-state index in [1.54, 1.807) is 6.92 Å². The Morgan fingerprint density at radius 3 is 2.33 bits per heavy atom. The van der Waals surface area contributed by atoms with Gasteiger partial charge in [0.15, 0.2) is 0 Å². The van der Waals surface area contributed by atoms with Crippen molar-refractivity contribution in [3.8, 4) is 0 Å². The van der Waals surface area contributed by atoms with Crippen LogP contribution in [0.3, 0.4) is 0 Å². The Morgan fingerprint density at radius 2 is 2.22 bits per heavy atom. The van der Waals surface area contributed by atoms with Crippen molar-refractivity contribution in [1.29, 1.82) is 0 Å². The van der Waals surface area contributed by atoms with Crippen LogP contribution < -0.4 is 0 Å². The first-order chi connectivity index (χ1) is 3.66. The minimum atomic E-state index is -0.945. The molecule has 0 aliphatic rings. The summed E-state index contributed by atoms with van der Waals surface area (Å²) < 4.78 is 4.43. The van der Waals surface area contributed by atoms with Crippen LogP contribution >= 0.6 is 0 Å². The van der Waals surface area contributed by atoms with Crippen molar-refractivity contribution in [3.63, 3.8) is 0 Å². The minimum absolute atomic E-state index is 0. The molecule has 1 unspecified atom stereocenters. The first-order valence-electron chi connectivity index (χ1n) is 2.59. The van der Waals surface area contributed by atoms with Gasteiger partial charge in [-0.2, -0.15) is 0 Å². The molecule has 1 atom stereocenters. The number of ether oxygens (including phenoxy) is 1. The summed E-state index contributed by atoms with van der Waals surface area (Å²) in [4.78, 5) is 9.86. The van der Waals surface area contributed by atoms with Crippen LogP contribution in [-0.4, -0.2) is 12.2 Å². The third kappa shape index (κ3) is 8.32. The molecular weight excluding hydrogens is 344 g/mol. The van der Waals surface area contributed by atoms with Gasteiger partial charge in [0.2, 0.25) is 6.09 Å². The van der Waals surface area contributed by atoms with Gasteiger partial charge in [0, 0.05) is 31.1 Å². The summed E-state index contributed by atoms with van der Waals surface area (Å²) in [6, 6.07) is 0. The number of hydrogen-bond donors (Lipinski definition) is 0. The quantitative estimate of drug-likeness (QED) is 0.762. The van der Waals surface area contributed by atoms with Crippen molar-refractivity contribution in [1.82, 2.24) is 0 Å². The van der Waals surface area contributed by atoms with Crippen molar-refractivity contribution < 1.29 is 40.6 Å². The number of amides is 1. The van der Waals surface area contributed by atoms with Gasteiger partial charge in [0.25, 0.3) is 0 Å². The van der Waals surface area contributed by atoms with Crippen molar-refractivity contribution in [2.75, 3.05) is 0 Å². The van der Waals surface area contributed by atoms with E-state index in [0.29, 0.717) is 0 Å². The molecule has 52 valence electrons. The van der Waals surface area contributed by atoms with E-state index >= 15 is 0 Å². The van der Waals surface area contributed by atoms with Crippen molar-refractivity contribution in [2.45, 2.75) is 26.4 Å². The second kappa shape index (κ2) is 6.44. The van der Waals surface area contributed by atoms with Crippen LogP contribution in [-0.2, 0) is 4.74 Å². The molecule has 0 rings (SSSR count). The molecular formula is C5H10NO2U-. The molecule has 0 aromatic heterocycles. The standard InChI is InChI=1S/C5H11NO2.U/c1-3-4(2)8-5(6)7;/h4H,3H2,1-2H3,(H2,6,7);/p-1. The Bertz CT molecular complexity index is 87.0. The molecule has 0 aliphatic carbocycles. The predicted octanol–water partition coefficient (Wildman–Crippen LogP) is 1.97. The van der Waals surface area contributed by atoms with Crippen molar-refractivity contribution in [3.05, 3.63) is 5.73 Å². The Labute approximate surface area is 78.7 Å². The Hall–Kier alpha value is 0.322. The van der Waals surface area contributed by atoms with Gasteiger partial charge < -0.3 is 10.5 Å². The largest absolute Gasteiger partial charge is 0.632 e. The number of nitrogens with one attached hydrogen (secondary N) is 1. The zero-order valence-electron chi connectivity index (χ0n) is 5.60. The van der Waals surface area contributed by atoms with Crippen LogP contribution in [0, 0.1) is 31.1 Å². The van der Waals surface area contributed by atoms with Gasteiger partial charge in [-0.1, -0.05) is 6.92 Å². The SMILES string of the molecule is CCC(C)OC([NH-])=O.[U]. The van der Waals surface area contributed by atoms with Gasteiger partial charge in [-0.25, -0.2) is 0 Å². The average Bonchev–Trinajstić information content (AvgIpc) is 1.65. The summed E-state index contributed by atoms with van der Waals surface area (Å²) in [5.74, 6) is 0. The maximum absolute atomic E-state index is 9.86. The van der Waals surface area contributed by atoms with Crippen LogP contribution in [0.4, 0.5) is 4.79 Å². The summed E-state index contributed by atoms with van der Waals surface area (Å²) >= 11 is 0. The fourth-order valence-electron chi connectivity index (χ4n) is 0.266. The zero-order chi connectivity index (χ0) is 6.57. The minimum Gasteiger partial charge on any atom is -0.632 e. The molecule has 0 spiro atoms. The summed E-state index contributed by atoms with van der Waals surface area (Å²) in [5.41, 5.74) is 6.35. The topological polar surface area (TPSA) is 50.1 Å².